The van der Waals surface area contributed by atoms with Crippen molar-refractivity contribution in [3.8, 4) is 0 Å². The number of carbonyl (C=O) groups is 1. The van der Waals surface area contributed by atoms with Crippen LogP contribution < -0.4 is 10.6 Å². The Bertz CT molecular complexity index is 822. The molecule has 2 aliphatic rings. The first-order valence-electron chi connectivity index (χ1n) is 9.04. The third kappa shape index (κ3) is 2.84. The Morgan fingerprint density at radius 3 is 3.04 bits per heavy atom. The SMILES string of the molecule is CC(C)=CC[C@@]1(C(=O)NCc2[nH]nc3ncccc23)C[C@@H]2CC[C@H]1N2. The first kappa shape index (κ1) is 16.3. The smallest absolute Gasteiger partial charge is 0.228 e. The molecule has 0 radical (unpaired) electrons. The van der Waals surface area contributed by atoms with Gasteiger partial charge in [0.05, 0.1) is 17.7 Å². The van der Waals surface area contributed by atoms with Crippen molar-refractivity contribution in [1.29, 1.82) is 0 Å². The Balaban J connectivity index is 1.52. The zero-order valence-electron chi connectivity index (χ0n) is 14.8. The average Bonchev–Trinajstić information content (AvgIpc) is 3.32. The fraction of sp³-hybridized carbons (Fsp3) is 0.526. The van der Waals surface area contributed by atoms with Crippen molar-refractivity contribution < 1.29 is 4.79 Å². The van der Waals surface area contributed by atoms with Gasteiger partial charge < -0.3 is 10.6 Å². The molecule has 2 aliphatic heterocycles. The highest BCUT2D eigenvalue weighted by Gasteiger charge is 2.54. The fourth-order valence-corrected chi connectivity index (χ4v) is 4.33. The second-order valence-electron chi connectivity index (χ2n) is 7.60. The van der Waals surface area contributed by atoms with Crippen LogP contribution in [0, 0.1) is 5.41 Å². The number of hydrogen-bond acceptors (Lipinski definition) is 4. The molecule has 4 rings (SSSR count). The van der Waals surface area contributed by atoms with Gasteiger partial charge in [-0.05, 0) is 51.7 Å². The Kier molecular flexibility index (Phi) is 4.07. The van der Waals surface area contributed by atoms with Crippen molar-refractivity contribution in [2.45, 2.75) is 58.2 Å². The Labute approximate surface area is 147 Å². The van der Waals surface area contributed by atoms with Gasteiger partial charge in [-0.2, -0.15) is 5.10 Å². The Morgan fingerprint density at radius 1 is 1.44 bits per heavy atom. The predicted octanol–water partition coefficient (Wildman–Crippen LogP) is 2.44. The molecule has 0 spiro atoms. The number of H-pyrrole nitrogens is 1. The van der Waals surface area contributed by atoms with Crippen LogP contribution in [0.15, 0.2) is 30.0 Å². The summed E-state index contributed by atoms with van der Waals surface area (Å²) < 4.78 is 0. The van der Waals surface area contributed by atoms with E-state index in [9.17, 15) is 4.79 Å². The Hall–Kier alpha value is -2.21. The molecule has 6 heteroatoms. The number of pyridine rings is 1. The summed E-state index contributed by atoms with van der Waals surface area (Å²) in [6.07, 6.45) is 7.94. The van der Waals surface area contributed by atoms with Gasteiger partial charge in [-0.15, -0.1) is 0 Å². The normalized spacial score (nSPS) is 27.6. The highest BCUT2D eigenvalue weighted by Crippen LogP contribution is 2.46. The van der Waals surface area contributed by atoms with Crippen LogP contribution in [-0.4, -0.2) is 33.2 Å². The third-order valence-corrected chi connectivity index (χ3v) is 5.68. The lowest BCUT2D eigenvalue weighted by molar-refractivity contribution is -0.132. The summed E-state index contributed by atoms with van der Waals surface area (Å²) in [7, 11) is 0. The number of hydrogen-bond donors (Lipinski definition) is 3. The standard InChI is InChI=1S/C19H25N5O/c1-12(2)7-8-19(10-13-5-6-16(19)22-13)18(25)21-11-15-14-4-3-9-20-17(14)24-23-15/h3-4,7,9,13,16,22H,5-6,8,10-11H2,1-2H3,(H,21,25)(H,20,23,24)/t13-,16+,19+/m0/s1. The molecule has 3 atom stereocenters. The number of nitrogens with one attached hydrogen (secondary N) is 3. The van der Waals surface area contributed by atoms with Crippen molar-refractivity contribution in [3.05, 3.63) is 35.7 Å². The van der Waals surface area contributed by atoms with Gasteiger partial charge in [0.2, 0.25) is 5.91 Å². The Morgan fingerprint density at radius 2 is 2.32 bits per heavy atom. The molecule has 4 heterocycles. The molecule has 2 fully saturated rings. The van der Waals surface area contributed by atoms with E-state index in [0.717, 1.165) is 30.3 Å². The maximum atomic E-state index is 13.2. The molecule has 2 aromatic heterocycles. The molecule has 2 aromatic rings. The van der Waals surface area contributed by atoms with E-state index in [0.29, 0.717) is 18.2 Å². The predicted molar refractivity (Wildman–Crippen MR) is 96.8 cm³/mol. The number of allylic oxidation sites excluding steroid dienone is 2. The topological polar surface area (TPSA) is 82.7 Å². The number of carbonyl (C=O) groups excluding carboxylic acids is 1. The minimum absolute atomic E-state index is 0.149. The number of rotatable bonds is 5. The van der Waals surface area contributed by atoms with Gasteiger partial charge in [-0.1, -0.05) is 11.6 Å². The van der Waals surface area contributed by atoms with Crippen LogP contribution >= 0.6 is 0 Å². The van der Waals surface area contributed by atoms with Crippen molar-refractivity contribution in [2.24, 2.45) is 5.41 Å². The molecule has 0 saturated carbocycles. The van der Waals surface area contributed by atoms with Crippen LogP contribution in [-0.2, 0) is 11.3 Å². The molecule has 25 heavy (non-hydrogen) atoms. The van der Waals surface area contributed by atoms with Gasteiger partial charge in [0, 0.05) is 23.7 Å². The highest BCUT2D eigenvalue weighted by atomic mass is 16.2. The molecule has 0 aromatic carbocycles. The van der Waals surface area contributed by atoms with E-state index >= 15 is 0 Å². The second-order valence-corrected chi connectivity index (χ2v) is 7.60. The van der Waals surface area contributed by atoms with E-state index in [4.69, 9.17) is 0 Å². The lowest BCUT2D eigenvalue weighted by Crippen LogP contribution is -2.48. The summed E-state index contributed by atoms with van der Waals surface area (Å²) in [5.74, 6) is 0.149. The van der Waals surface area contributed by atoms with Gasteiger partial charge in [-0.25, -0.2) is 4.98 Å². The molecule has 2 bridgehead atoms. The number of aromatic amines is 1. The van der Waals surface area contributed by atoms with Gasteiger partial charge in [0.15, 0.2) is 5.65 Å². The lowest BCUT2D eigenvalue weighted by atomic mass is 9.70. The van der Waals surface area contributed by atoms with Crippen molar-refractivity contribution in [3.63, 3.8) is 0 Å². The van der Waals surface area contributed by atoms with Gasteiger partial charge in [0.1, 0.15) is 0 Å². The van der Waals surface area contributed by atoms with E-state index in [1.165, 1.54) is 12.0 Å². The van der Waals surface area contributed by atoms with E-state index in [1.807, 2.05) is 12.1 Å². The largest absolute Gasteiger partial charge is 0.350 e. The van der Waals surface area contributed by atoms with Crippen LogP contribution in [0.25, 0.3) is 11.0 Å². The number of amides is 1. The summed E-state index contributed by atoms with van der Waals surface area (Å²) in [5, 5.41) is 15.0. The molecule has 3 N–H and O–H groups in total. The van der Waals surface area contributed by atoms with Crippen molar-refractivity contribution in [2.75, 3.05) is 0 Å². The number of fused-ring (bicyclic) bond motifs is 3. The zero-order chi connectivity index (χ0) is 17.4. The van der Waals surface area contributed by atoms with Crippen LogP contribution in [0.2, 0.25) is 0 Å². The fourth-order valence-electron chi connectivity index (χ4n) is 4.33. The summed E-state index contributed by atoms with van der Waals surface area (Å²) in [5.41, 5.74) is 2.53. The maximum Gasteiger partial charge on any atom is 0.228 e. The van der Waals surface area contributed by atoms with Crippen LogP contribution in [0.3, 0.4) is 0 Å². The van der Waals surface area contributed by atoms with Crippen molar-refractivity contribution in [1.82, 2.24) is 25.8 Å². The zero-order valence-corrected chi connectivity index (χ0v) is 14.8. The number of nitrogens with zero attached hydrogens (tertiary/aromatic N) is 2. The molecule has 6 nitrogen and oxygen atoms in total. The summed E-state index contributed by atoms with van der Waals surface area (Å²) in [6.45, 7) is 4.64. The van der Waals surface area contributed by atoms with E-state index in [-0.39, 0.29) is 17.4 Å². The quantitative estimate of drug-likeness (QED) is 0.731. The summed E-state index contributed by atoms with van der Waals surface area (Å²) >= 11 is 0. The van der Waals surface area contributed by atoms with Crippen LogP contribution in [0.5, 0.6) is 0 Å². The van der Waals surface area contributed by atoms with Crippen LogP contribution in [0.4, 0.5) is 0 Å². The average molecular weight is 339 g/mol. The summed E-state index contributed by atoms with van der Waals surface area (Å²) in [6, 6.07) is 4.64. The van der Waals surface area contributed by atoms with Gasteiger partial charge >= 0.3 is 0 Å². The number of aromatic nitrogens is 3. The molecule has 1 amide bonds. The maximum absolute atomic E-state index is 13.2. The minimum Gasteiger partial charge on any atom is -0.350 e. The molecular formula is C19H25N5O. The minimum atomic E-state index is -0.325. The van der Waals surface area contributed by atoms with E-state index < -0.39 is 0 Å². The molecule has 0 unspecified atom stereocenters. The van der Waals surface area contributed by atoms with E-state index in [2.05, 4.69) is 45.7 Å². The molecule has 132 valence electrons. The lowest BCUT2D eigenvalue weighted by Gasteiger charge is -2.34. The second kappa shape index (κ2) is 6.26. The van der Waals surface area contributed by atoms with E-state index in [1.54, 1.807) is 6.20 Å². The molecule has 0 aliphatic carbocycles. The van der Waals surface area contributed by atoms with Gasteiger partial charge in [0.25, 0.3) is 0 Å². The van der Waals surface area contributed by atoms with Gasteiger partial charge in [-0.3, -0.25) is 9.89 Å². The first-order valence-corrected chi connectivity index (χ1v) is 9.04. The van der Waals surface area contributed by atoms with Crippen molar-refractivity contribution >= 4 is 16.9 Å². The monoisotopic (exact) mass is 339 g/mol. The first-order chi connectivity index (χ1) is 12.1. The molecular weight excluding hydrogens is 314 g/mol. The third-order valence-electron chi connectivity index (χ3n) is 5.68. The highest BCUT2D eigenvalue weighted by molar-refractivity contribution is 5.85. The molecule has 2 saturated heterocycles. The summed E-state index contributed by atoms with van der Waals surface area (Å²) in [4.78, 5) is 17.4. The van der Waals surface area contributed by atoms with Crippen LogP contribution in [0.1, 0.15) is 45.2 Å².